The molecular formula is C19H16FNO3S. The second-order valence-corrected chi connectivity index (χ2v) is 6.89. The molecule has 0 saturated heterocycles. The van der Waals surface area contributed by atoms with Crippen molar-refractivity contribution >= 4 is 33.0 Å². The molecule has 6 heteroatoms. The van der Waals surface area contributed by atoms with Gasteiger partial charge in [0.25, 0.3) is 5.91 Å². The van der Waals surface area contributed by atoms with Crippen LogP contribution < -0.4 is 14.8 Å². The van der Waals surface area contributed by atoms with Crippen molar-refractivity contribution in [1.82, 2.24) is 0 Å². The summed E-state index contributed by atoms with van der Waals surface area (Å²) in [5.41, 5.74) is 1.27. The predicted octanol–water partition coefficient (Wildman–Crippen LogP) is 4.76. The highest BCUT2D eigenvalue weighted by molar-refractivity contribution is 7.21. The van der Waals surface area contributed by atoms with Crippen molar-refractivity contribution in [2.24, 2.45) is 0 Å². The van der Waals surface area contributed by atoms with Crippen LogP contribution in [-0.4, -0.2) is 19.1 Å². The summed E-state index contributed by atoms with van der Waals surface area (Å²) in [7, 11) is 0. The summed E-state index contributed by atoms with van der Waals surface area (Å²) in [5, 5.41) is 3.37. The van der Waals surface area contributed by atoms with Crippen LogP contribution in [0.5, 0.6) is 11.5 Å². The molecule has 0 bridgehead atoms. The highest BCUT2D eigenvalue weighted by atomic mass is 32.1. The van der Waals surface area contributed by atoms with Crippen LogP contribution in [-0.2, 0) is 0 Å². The number of fused-ring (bicyclic) bond motifs is 2. The van der Waals surface area contributed by atoms with Gasteiger partial charge in [-0.2, -0.15) is 0 Å². The second kappa shape index (κ2) is 6.37. The molecule has 0 saturated carbocycles. The van der Waals surface area contributed by atoms with Crippen LogP contribution in [0.3, 0.4) is 0 Å². The lowest BCUT2D eigenvalue weighted by atomic mass is 10.1. The van der Waals surface area contributed by atoms with Gasteiger partial charge in [-0.3, -0.25) is 4.79 Å². The molecule has 0 aliphatic carbocycles. The van der Waals surface area contributed by atoms with Gasteiger partial charge in [-0.05, 0) is 36.8 Å². The topological polar surface area (TPSA) is 47.6 Å². The van der Waals surface area contributed by atoms with E-state index in [0.29, 0.717) is 46.2 Å². The molecule has 4 rings (SSSR count). The third kappa shape index (κ3) is 2.93. The maximum Gasteiger partial charge on any atom is 0.266 e. The van der Waals surface area contributed by atoms with Crippen molar-refractivity contribution in [3.63, 3.8) is 0 Å². The van der Waals surface area contributed by atoms with E-state index in [1.807, 2.05) is 6.07 Å². The number of aryl methyl sites for hydroxylation is 1. The molecule has 2 heterocycles. The average molecular weight is 357 g/mol. The molecule has 1 N–H and O–H groups in total. The van der Waals surface area contributed by atoms with E-state index in [4.69, 9.17) is 9.47 Å². The fourth-order valence-corrected chi connectivity index (χ4v) is 4.02. The lowest BCUT2D eigenvalue weighted by Gasteiger charge is -2.10. The summed E-state index contributed by atoms with van der Waals surface area (Å²) in [6, 6.07) is 10.2. The van der Waals surface area contributed by atoms with Crippen LogP contribution in [0.15, 0.2) is 36.4 Å². The Morgan fingerprint density at radius 3 is 2.76 bits per heavy atom. The van der Waals surface area contributed by atoms with Crippen molar-refractivity contribution in [2.75, 3.05) is 18.5 Å². The number of rotatable bonds is 2. The van der Waals surface area contributed by atoms with Crippen LogP contribution in [0.4, 0.5) is 10.1 Å². The van der Waals surface area contributed by atoms with E-state index in [1.165, 1.54) is 17.4 Å². The van der Waals surface area contributed by atoms with Gasteiger partial charge in [0.15, 0.2) is 11.5 Å². The minimum absolute atomic E-state index is 0.257. The lowest BCUT2D eigenvalue weighted by Crippen LogP contribution is -2.11. The van der Waals surface area contributed by atoms with Crippen LogP contribution in [0.2, 0.25) is 0 Å². The molecule has 1 amide bonds. The van der Waals surface area contributed by atoms with Crippen molar-refractivity contribution in [3.05, 3.63) is 52.7 Å². The first-order valence-corrected chi connectivity index (χ1v) is 8.84. The summed E-state index contributed by atoms with van der Waals surface area (Å²) >= 11 is 1.29. The zero-order valence-corrected chi connectivity index (χ0v) is 14.4. The monoisotopic (exact) mass is 357 g/mol. The third-order valence-electron chi connectivity index (χ3n) is 4.11. The number of thiophene rings is 1. The van der Waals surface area contributed by atoms with E-state index < -0.39 is 0 Å². The van der Waals surface area contributed by atoms with Gasteiger partial charge in [-0.25, -0.2) is 4.39 Å². The van der Waals surface area contributed by atoms with Gasteiger partial charge in [0.05, 0.1) is 18.1 Å². The van der Waals surface area contributed by atoms with Crippen molar-refractivity contribution in [3.8, 4) is 11.5 Å². The first-order chi connectivity index (χ1) is 12.1. The molecule has 0 atom stereocenters. The highest BCUT2D eigenvalue weighted by Gasteiger charge is 2.19. The molecule has 0 fully saturated rings. The number of ether oxygens (including phenoxy) is 2. The van der Waals surface area contributed by atoms with E-state index in [1.54, 1.807) is 31.2 Å². The van der Waals surface area contributed by atoms with E-state index in [2.05, 4.69) is 5.32 Å². The number of hydrogen-bond donors (Lipinski definition) is 1. The van der Waals surface area contributed by atoms with Crippen molar-refractivity contribution in [1.29, 1.82) is 0 Å². The molecule has 1 aliphatic heterocycles. The van der Waals surface area contributed by atoms with Crippen LogP contribution in [0.25, 0.3) is 10.1 Å². The Morgan fingerprint density at radius 1 is 1.16 bits per heavy atom. The van der Waals surface area contributed by atoms with E-state index in [-0.39, 0.29) is 11.7 Å². The fraction of sp³-hybridized carbons (Fsp3) is 0.211. The number of hydrogen-bond acceptors (Lipinski definition) is 4. The zero-order chi connectivity index (χ0) is 17.4. The van der Waals surface area contributed by atoms with Crippen molar-refractivity contribution in [2.45, 2.75) is 13.3 Å². The highest BCUT2D eigenvalue weighted by Crippen LogP contribution is 2.35. The first-order valence-electron chi connectivity index (χ1n) is 8.02. The zero-order valence-electron chi connectivity index (χ0n) is 13.6. The van der Waals surface area contributed by atoms with Crippen LogP contribution in [0, 0.1) is 12.7 Å². The summed E-state index contributed by atoms with van der Waals surface area (Å²) in [6.45, 7) is 2.97. The normalized spacial score (nSPS) is 13.5. The number of halogens is 1. The maximum atomic E-state index is 14.0. The minimum atomic E-state index is -0.305. The van der Waals surface area contributed by atoms with E-state index in [0.717, 1.165) is 11.1 Å². The van der Waals surface area contributed by atoms with Gasteiger partial charge in [-0.1, -0.05) is 6.07 Å². The SMILES string of the molecule is Cc1c(C(=O)Nc2ccc3c(c2)OCCCO3)sc2cccc(F)c12. The number of carbonyl (C=O) groups excluding carboxylic acids is 1. The first kappa shape index (κ1) is 15.9. The molecular weight excluding hydrogens is 341 g/mol. The molecule has 128 valence electrons. The molecule has 2 aromatic carbocycles. The Balaban J connectivity index is 1.63. The second-order valence-electron chi connectivity index (χ2n) is 5.84. The fourth-order valence-electron chi connectivity index (χ4n) is 2.90. The summed E-state index contributed by atoms with van der Waals surface area (Å²) < 4.78 is 26.0. The van der Waals surface area contributed by atoms with Gasteiger partial charge in [0, 0.05) is 28.3 Å². The number of amides is 1. The predicted molar refractivity (Wildman–Crippen MR) is 96.5 cm³/mol. The molecule has 0 spiro atoms. The number of benzene rings is 2. The Morgan fingerprint density at radius 2 is 1.96 bits per heavy atom. The summed E-state index contributed by atoms with van der Waals surface area (Å²) in [5.74, 6) is 0.735. The number of anilines is 1. The average Bonchev–Trinajstić information content (AvgIpc) is 2.78. The standard InChI is InChI=1S/C19H16FNO3S/c1-11-17-13(20)4-2-5-16(17)25-18(11)19(22)21-12-6-7-14-15(10-12)24-9-3-8-23-14/h2,4-7,10H,3,8-9H2,1H3,(H,21,22). The quantitative estimate of drug-likeness (QED) is 0.719. The maximum absolute atomic E-state index is 14.0. The van der Waals surface area contributed by atoms with Crippen LogP contribution in [0.1, 0.15) is 21.7 Å². The Hall–Kier alpha value is -2.60. The third-order valence-corrected chi connectivity index (χ3v) is 5.37. The molecule has 1 aromatic heterocycles. The largest absolute Gasteiger partial charge is 0.490 e. The molecule has 3 aromatic rings. The smallest absolute Gasteiger partial charge is 0.266 e. The summed E-state index contributed by atoms with van der Waals surface area (Å²) in [6.07, 6.45) is 0.822. The van der Waals surface area contributed by atoms with Gasteiger partial charge in [-0.15, -0.1) is 11.3 Å². The Labute approximate surface area is 148 Å². The van der Waals surface area contributed by atoms with Gasteiger partial charge in [0.1, 0.15) is 5.82 Å². The molecule has 4 nitrogen and oxygen atoms in total. The summed E-state index contributed by atoms with van der Waals surface area (Å²) in [4.78, 5) is 13.2. The van der Waals surface area contributed by atoms with Crippen molar-refractivity contribution < 1.29 is 18.7 Å². The van der Waals surface area contributed by atoms with E-state index >= 15 is 0 Å². The Bertz CT molecular complexity index is 967. The molecule has 25 heavy (non-hydrogen) atoms. The van der Waals surface area contributed by atoms with Crippen LogP contribution >= 0.6 is 11.3 Å². The van der Waals surface area contributed by atoms with Gasteiger partial charge in [0.2, 0.25) is 0 Å². The molecule has 1 aliphatic rings. The Kier molecular flexibility index (Phi) is 4.05. The molecule has 0 radical (unpaired) electrons. The molecule has 0 unspecified atom stereocenters. The minimum Gasteiger partial charge on any atom is -0.490 e. The van der Waals surface area contributed by atoms with Gasteiger partial charge < -0.3 is 14.8 Å². The van der Waals surface area contributed by atoms with E-state index in [9.17, 15) is 9.18 Å². The number of nitrogens with one attached hydrogen (secondary N) is 1. The number of carbonyl (C=O) groups is 1. The lowest BCUT2D eigenvalue weighted by molar-refractivity contribution is 0.103. The van der Waals surface area contributed by atoms with Gasteiger partial charge >= 0.3 is 0 Å².